The normalized spacial score (nSPS) is 10.5. The summed E-state index contributed by atoms with van der Waals surface area (Å²) in [6.45, 7) is 3.06. The molecule has 0 aliphatic carbocycles. The number of carbonyl (C=O) groups is 3. The number of benzene rings is 1. The standard InChI is InChI=1S/C22H23N3O5S/c1-14-6-8-16(9-7-14)23-19(26)12-25(3)20(27)13-29-21(28)11-17-15(2)30-22(24-17)18-5-4-10-31-18/h4-10H,11-13H2,1-3H3,(H,23,26). The molecule has 3 aromatic rings. The summed E-state index contributed by atoms with van der Waals surface area (Å²) in [6, 6.07) is 11.1. The number of oxazole rings is 1. The van der Waals surface area contributed by atoms with Crippen molar-refractivity contribution in [1.29, 1.82) is 0 Å². The van der Waals surface area contributed by atoms with Crippen LogP contribution in [0.2, 0.25) is 0 Å². The van der Waals surface area contributed by atoms with Crippen LogP contribution >= 0.6 is 11.3 Å². The summed E-state index contributed by atoms with van der Waals surface area (Å²) in [5.41, 5.74) is 2.19. The summed E-state index contributed by atoms with van der Waals surface area (Å²) in [5, 5.41) is 4.62. The molecular weight excluding hydrogens is 418 g/mol. The second kappa shape index (κ2) is 10.0. The van der Waals surface area contributed by atoms with Crippen molar-refractivity contribution in [2.24, 2.45) is 0 Å². The van der Waals surface area contributed by atoms with E-state index in [-0.39, 0.29) is 18.9 Å². The number of amides is 2. The molecular formula is C22H23N3O5S. The summed E-state index contributed by atoms with van der Waals surface area (Å²) >= 11 is 1.48. The monoisotopic (exact) mass is 441 g/mol. The number of rotatable bonds is 8. The Morgan fingerprint density at radius 3 is 2.58 bits per heavy atom. The Balaban J connectivity index is 1.44. The number of anilines is 1. The molecule has 0 saturated carbocycles. The maximum Gasteiger partial charge on any atom is 0.312 e. The van der Waals surface area contributed by atoms with Crippen LogP contribution in [0.5, 0.6) is 0 Å². The lowest BCUT2D eigenvalue weighted by Crippen LogP contribution is -2.37. The van der Waals surface area contributed by atoms with Crippen LogP contribution in [0.4, 0.5) is 5.69 Å². The van der Waals surface area contributed by atoms with Gasteiger partial charge in [0.1, 0.15) is 5.76 Å². The molecule has 162 valence electrons. The first-order valence-electron chi connectivity index (χ1n) is 9.58. The number of hydrogen-bond acceptors (Lipinski definition) is 7. The molecule has 2 aromatic heterocycles. The summed E-state index contributed by atoms with van der Waals surface area (Å²) in [7, 11) is 1.47. The van der Waals surface area contributed by atoms with Gasteiger partial charge in [0.15, 0.2) is 6.61 Å². The van der Waals surface area contributed by atoms with Crippen molar-refractivity contribution in [3.05, 3.63) is 58.8 Å². The minimum Gasteiger partial charge on any atom is -0.455 e. The van der Waals surface area contributed by atoms with Gasteiger partial charge in [0, 0.05) is 12.7 Å². The van der Waals surface area contributed by atoms with Crippen molar-refractivity contribution < 1.29 is 23.5 Å². The number of ether oxygens (including phenoxy) is 1. The Hall–Kier alpha value is -3.46. The van der Waals surface area contributed by atoms with E-state index in [0.29, 0.717) is 23.0 Å². The van der Waals surface area contributed by atoms with Crippen LogP contribution in [-0.2, 0) is 25.5 Å². The van der Waals surface area contributed by atoms with Crippen LogP contribution in [0.3, 0.4) is 0 Å². The lowest BCUT2D eigenvalue weighted by atomic mass is 10.2. The zero-order valence-electron chi connectivity index (χ0n) is 17.5. The number of carbonyl (C=O) groups excluding carboxylic acids is 3. The van der Waals surface area contributed by atoms with E-state index in [2.05, 4.69) is 10.3 Å². The van der Waals surface area contributed by atoms with Crippen molar-refractivity contribution in [2.75, 3.05) is 25.5 Å². The highest BCUT2D eigenvalue weighted by molar-refractivity contribution is 7.13. The van der Waals surface area contributed by atoms with Gasteiger partial charge in [0.25, 0.3) is 5.91 Å². The lowest BCUT2D eigenvalue weighted by Gasteiger charge is -2.16. The molecule has 0 aliphatic rings. The van der Waals surface area contributed by atoms with Crippen molar-refractivity contribution in [3.63, 3.8) is 0 Å². The Bertz CT molecular complexity index is 1060. The number of esters is 1. The Morgan fingerprint density at radius 1 is 1.16 bits per heavy atom. The van der Waals surface area contributed by atoms with Crippen LogP contribution in [-0.4, -0.2) is 47.9 Å². The molecule has 9 heteroatoms. The largest absolute Gasteiger partial charge is 0.455 e. The average molecular weight is 442 g/mol. The smallest absolute Gasteiger partial charge is 0.312 e. The first-order chi connectivity index (χ1) is 14.8. The number of aryl methyl sites for hydroxylation is 2. The van der Waals surface area contributed by atoms with Crippen LogP contribution < -0.4 is 5.32 Å². The zero-order valence-corrected chi connectivity index (χ0v) is 18.3. The van der Waals surface area contributed by atoms with Gasteiger partial charge in [-0.05, 0) is 37.4 Å². The van der Waals surface area contributed by atoms with Gasteiger partial charge in [0.2, 0.25) is 11.8 Å². The highest BCUT2D eigenvalue weighted by atomic mass is 32.1. The van der Waals surface area contributed by atoms with E-state index in [1.165, 1.54) is 23.3 Å². The molecule has 0 bridgehead atoms. The molecule has 1 aromatic carbocycles. The molecule has 31 heavy (non-hydrogen) atoms. The van der Waals surface area contributed by atoms with E-state index in [1.807, 2.05) is 36.6 Å². The van der Waals surface area contributed by atoms with Crippen molar-refractivity contribution >= 4 is 34.8 Å². The van der Waals surface area contributed by atoms with Crippen LogP contribution in [0, 0.1) is 13.8 Å². The van der Waals surface area contributed by atoms with E-state index in [9.17, 15) is 14.4 Å². The molecule has 0 unspecified atom stereocenters. The molecule has 8 nitrogen and oxygen atoms in total. The third-order valence-electron chi connectivity index (χ3n) is 4.43. The second-order valence-electron chi connectivity index (χ2n) is 7.00. The first kappa shape index (κ1) is 22.2. The Morgan fingerprint density at radius 2 is 1.90 bits per heavy atom. The molecule has 0 spiro atoms. The molecule has 2 amide bonds. The number of hydrogen-bond donors (Lipinski definition) is 1. The highest BCUT2D eigenvalue weighted by Gasteiger charge is 2.19. The fourth-order valence-electron chi connectivity index (χ4n) is 2.68. The van der Waals surface area contributed by atoms with E-state index in [0.717, 1.165) is 10.4 Å². The number of likely N-dealkylation sites (N-methyl/N-ethyl adjacent to an activating group) is 1. The minimum absolute atomic E-state index is 0.106. The van der Waals surface area contributed by atoms with Gasteiger partial charge in [-0.15, -0.1) is 11.3 Å². The van der Waals surface area contributed by atoms with E-state index < -0.39 is 18.5 Å². The minimum atomic E-state index is -0.597. The summed E-state index contributed by atoms with van der Waals surface area (Å²) in [5.74, 6) is -0.448. The predicted molar refractivity (Wildman–Crippen MR) is 117 cm³/mol. The molecule has 0 radical (unpaired) electrons. The quantitative estimate of drug-likeness (QED) is 0.539. The number of aromatic nitrogens is 1. The SMILES string of the molecule is Cc1ccc(NC(=O)CN(C)C(=O)COC(=O)Cc2nc(-c3cccs3)oc2C)cc1. The van der Waals surface area contributed by atoms with Crippen molar-refractivity contribution in [1.82, 2.24) is 9.88 Å². The van der Waals surface area contributed by atoms with Gasteiger partial charge < -0.3 is 19.4 Å². The third-order valence-corrected chi connectivity index (χ3v) is 5.29. The number of thiophene rings is 1. The predicted octanol–water partition coefficient (Wildman–Crippen LogP) is 3.20. The van der Waals surface area contributed by atoms with E-state index in [4.69, 9.17) is 9.15 Å². The third kappa shape index (κ3) is 6.26. The molecule has 1 N–H and O–H groups in total. The Labute approximate surface area is 183 Å². The summed E-state index contributed by atoms with van der Waals surface area (Å²) in [6.07, 6.45) is -0.106. The fourth-order valence-corrected chi connectivity index (χ4v) is 3.33. The van der Waals surface area contributed by atoms with Gasteiger partial charge in [-0.2, -0.15) is 0 Å². The van der Waals surface area contributed by atoms with Gasteiger partial charge >= 0.3 is 5.97 Å². The fraction of sp³-hybridized carbons (Fsp3) is 0.273. The van der Waals surface area contributed by atoms with E-state index >= 15 is 0 Å². The van der Waals surface area contributed by atoms with Crippen LogP contribution in [0.25, 0.3) is 10.8 Å². The van der Waals surface area contributed by atoms with Crippen molar-refractivity contribution in [2.45, 2.75) is 20.3 Å². The molecule has 0 aliphatic heterocycles. The molecule has 2 heterocycles. The highest BCUT2D eigenvalue weighted by Crippen LogP contribution is 2.26. The maximum atomic E-state index is 12.2. The first-order valence-corrected chi connectivity index (χ1v) is 10.5. The molecule has 0 atom stereocenters. The topological polar surface area (TPSA) is 102 Å². The lowest BCUT2D eigenvalue weighted by molar-refractivity contribution is -0.151. The van der Waals surface area contributed by atoms with Crippen LogP contribution in [0.15, 0.2) is 46.2 Å². The molecule has 3 rings (SSSR count). The zero-order chi connectivity index (χ0) is 22.4. The molecule has 0 fully saturated rings. The number of nitrogens with zero attached hydrogens (tertiary/aromatic N) is 2. The summed E-state index contributed by atoms with van der Waals surface area (Å²) in [4.78, 5) is 42.8. The Kier molecular flexibility index (Phi) is 7.19. The van der Waals surface area contributed by atoms with Crippen molar-refractivity contribution in [3.8, 4) is 10.8 Å². The molecule has 0 saturated heterocycles. The van der Waals surface area contributed by atoms with Gasteiger partial charge in [-0.1, -0.05) is 23.8 Å². The number of nitrogens with one attached hydrogen (secondary N) is 1. The van der Waals surface area contributed by atoms with Gasteiger partial charge in [0.05, 0.1) is 23.5 Å². The average Bonchev–Trinajstić information content (AvgIpc) is 3.38. The van der Waals surface area contributed by atoms with Crippen LogP contribution in [0.1, 0.15) is 17.0 Å². The maximum absolute atomic E-state index is 12.2. The van der Waals surface area contributed by atoms with Gasteiger partial charge in [-0.25, -0.2) is 4.98 Å². The second-order valence-corrected chi connectivity index (χ2v) is 7.95. The van der Waals surface area contributed by atoms with E-state index in [1.54, 1.807) is 19.1 Å². The van der Waals surface area contributed by atoms with Gasteiger partial charge in [-0.3, -0.25) is 14.4 Å². The summed E-state index contributed by atoms with van der Waals surface area (Å²) < 4.78 is 10.7.